The third kappa shape index (κ3) is 6.90. The first kappa shape index (κ1) is 23.5. The van der Waals surface area contributed by atoms with E-state index in [1.807, 2.05) is 30.3 Å². The van der Waals surface area contributed by atoms with Gasteiger partial charge < -0.3 is 13.9 Å². The Bertz CT molecular complexity index is 998. The molecule has 0 fully saturated rings. The van der Waals surface area contributed by atoms with E-state index in [1.165, 1.54) is 12.5 Å². The highest BCUT2D eigenvalue weighted by Gasteiger charge is 2.19. The summed E-state index contributed by atoms with van der Waals surface area (Å²) in [6.45, 7) is 3.35. The Balaban J connectivity index is 1.65. The molecule has 0 aliphatic heterocycles. The van der Waals surface area contributed by atoms with E-state index in [1.54, 1.807) is 6.07 Å². The van der Waals surface area contributed by atoms with Crippen LogP contribution >= 0.6 is 28.2 Å². The Kier molecular flexibility index (Phi) is 9.08. The van der Waals surface area contributed by atoms with E-state index in [-0.39, 0.29) is 11.5 Å². The van der Waals surface area contributed by atoms with E-state index in [0.717, 1.165) is 40.9 Å². The fraction of sp³-hybridized carbons (Fsp3) is 0.318. The number of nitrogens with two attached hydrogens (primary N) is 1. The number of anilines is 1. The van der Waals surface area contributed by atoms with Crippen molar-refractivity contribution in [3.05, 3.63) is 76.0 Å². The van der Waals surface area contributed by atoms with Crippen LogP contribution in [0.2, 0.25) is 0 Å². The highest BCUT2D eigenvalue weighted by atomic mass is 79.9. The molecular formula is C22H25BrN4O3S. The molecule has 0 spiro atoms. The zero-order valence-corrected chi connectivity index (χ0v) is 19.6. The zero-order valence-electron chi connectivity index (χ0n) is 17.2. The maximum atomic E-state index is 13.0. The molecule has 164 valence electrons. The first-order valence-electron chi connectivity index (χ1n) is 10.0. The van der Waals surface area contributed by atoms with Crippen molar-refractivity contribution in [2.75, 3.05) is 18.5 Å². The summed E-state index contributed by atoms with van der Waals surface area (Å²) >= 11 is 4.35. The summed E-state index contributed by atoms with van der Waals surface area (Å²) in [5, 5.41) is 8.57. The van der Waals surface area contributed by atoms with Crippen LogP contribution in [0.25, 0.3) is 0 Å². The smallest absolute Gasteiger partial charge is 0.233 e. The molecule has 31 heavy (non-hydrogen) atoms. The number of carbonyl (C=O) groups is 1. The van der Waals surface area contributed by atoms with Crippen LogP contribution in [0.15, 0.2) is 57.8 Å². The standard InChI is InChI=1S/C22H25BrN4O3S/c1-2-15(13-29-31-24)8-9-26-22-19(12-25-14-27-22)21(28)20-7-6-18(30-20)11-16-4-3-5-17(23)10-16/h3-7,10,12,14-15H,2,8-9,11,13,24H2,1H3,(H,25,26,27). The number of rotatable bonds is 12. The summed E-state index contributed by atoms with van der Waals surface area (Å²) in [7, 11) is 0. The summed E-state index contributed by atoms with van der Waals surface area (Å²) in [6, 6.07) is 11.5. The summed E-state index contributed by atoms with van der Waals surface area (Å²) in [6.07, 6.45) is 5.38. The normalized spacial score (nSPS) is 12.0. The van der Waals surface area contributed by atoms with E-state index < -0.39 is 0 Å². The Hall–Kier alpha value is -2.20. The monoisotopic (exact) mass is 504 g/mol. The van der Waals surface area contributed by atoms with Crippen LogP contribution in [0.5, 0.6) is 0 Å². The topological polar surface area (TPSA) is 103 Å². The van der Waals surface area contributed by atoms with Gasteiger partial charge in [0.15, 0.2) is 5.76 Å². The summed E-state index contributed by atoms with van der Waals surface area (Å²) in [5.41, 5.74) is 1.48. The number of benzene rings is 1. The van der Waals surface area contributed by atoms with Gasteiger partial charge in [0.2, 0.25) is 5.78 Å². The lowest BCUT2D eigenvalue weighted by atomic mass is 10.0. The molecule has 3 aromatic rings. The van der Waals surface area contributed by atoms with Crippen molar-refractivity contribution in [1.82, 2.24) is 9.97 Å². The van der Waals surface area contributed by atoms with E-state index in [0.29, 0.717) is 36.9 Å². The molecule has 0 aliphatic carbocycles. The van der Waals surface area contributed by atoms with Gasteiger partial charge in [0.05, 0.1) is 24.4 Å². The highest BCUT2D eigenvalue weighted by Crippen LogP contribution is 2.21. The van der Waals surface area contributed by atoms with Gasteiger partial charge in [0.1, 0.15) is 17.9 Å². The van der Waals surface area contributed by atoms with Crippen LogP contribution in [0.3, 0.4) is 0 Å². The maximum absolute atomic E-state index is 13.0. The second-order valence-electron chi connectivity index (χ2n) is 7.06. The number of nitrogens with zero attached hydrogens (tertiary/aromatic N) is 2. The van der Waals surface area contributed by atoms with E-state index in [4.69, 9.17) is 13.7 Å². The molecule has 1 unspecified atom stereocenters. The number of aromatic nitrogens is 2. The molecule has 0 amide bonds. The van der Waals surface area contributed by atoms with Crippen LogP contribution in [0.1, 0.15) is 47.2 Å². The number of furan rings is 1. The van der Waals surface area contributed by atoms with Crippen LogP contribution in [-0.4, -0.2) is 28.9 Å². The molecule has 1 atom stereocenters. The first-order chi connectivity index (χ1) is 15.1. The molecule has 9 heteroatoms. The number of ketones is 1. The lowest BCUT2D eigenvalue weighted by Crippen LogP contribution is -2.15. The quantitative estimate of drug-likeness (QED) is 0.201. The fourth-order valence-electron chi connectivity index (χ4n) is 3.15. The van der Waals surface area contributed by atoms with Crippen molar-refractivity contribution in [2.45, 2.75) is 26.2 Å². The average Bonchev–Trinajstić information content (AvgIpc) is 3.24. The van der Waals surface area contributed by atoms with Crippen LogP contribution in [0, 0.1) is 5.92 Å². The Morgan fingerprint density at radius 3 is 3.00 bits per heavy atom. The van der Waals surface area contributed by atoms with Crippen molar-refractivity contribution < 1.29 is 13.4 Å². The minimum atomic E-state index is -0.251. The van der Waals surface area contributed by atoms with Gasteiger partial charge in [-0.2, -0.15) is 0 Å². The van der Waals surface area contributed by atoms with Gasteiger partial charge in [-0.3, -0.25) is 9.93 Å². The molecule has 2 heterocycles. The van der Waals surface area contributed by atoms with Crippen molar-refractivity contribution in [2.24, 2.45) is 11.1 Å². The van der Waals surface area contributed by atoms with Crippen molar-refractivity contribution in [1.29, 1.82) is 0 Å². The number of carbonyl (C=O) groups excluding carboxylic acids is 1. The fourth-order valence-corrected chi connectivity index (χ4v) is 3.87. The predicted octanol–water partition coefficient (Wildman–Crippen LogP) is 5.02. The zero-order chi connectivity index (χ0) is 22.1. The summed E-state index contributed by atoms with van der Waals surface area (Å²) in [5.74, 6) is 1.60. The predicted molar refractivity (Wildman–Crippen MR) is 126 cm³/mol. The Labute approximate surface area is 194 Å². The van der Waals surface area contributed by atoms with Crippen LogP contribution < -0.4 is 10.5 Å². The number of hydrogen-bond acceptors (Lipinski definition) is 8. The molecule has 0 radical (unpaired) electrons. The third-order valence-corrected chi connectivity index (χ3v) is 5.67. The second-order valence-corrected chi connectivity index (χ2v) is 8.40. The summed E-state index contributed by atoms with van der Waals surface area (Å²) < 4.78 is 12.1. The molecule has 2 aromatic heterocycles. The van der Waals surface area contributed by atoms with E-state index in [9.17, 15) is 4.79 Å². The van der Waals surface area contributed by atoms with Gasteiger partial charge in [0.25, 0.3) is 0 Å². The number of hydrogen-bond donors (Lipinski definition) is 2. The van der Waals surface area contributed by atoms with Gasteiger partial charge in [-0.05, 0) is 42.2 Å². The molecule has 0 saturated carbocycles. The molecule has 1 aromatic carbocycles. The largest absolute Gasteiger partial charge is 0.457 e. The third-order valence-electron chi connectivity index (χ3n) is 4.90. The van der Waals surface area contributed by atoms with Crippen LogP contribution in [-0.2, 0) is 10.6 Å². The second kappa shape index (κ2) is 12.0. The minimum Gasteiger partial charge on any atom is -0.457 e. The average molecular weight is 505 g/mol. The Morgan fingerprint density at radius 2 is 2.23 bits per heavy atom. The number of halogens is 1. The van der Waals surface area contributed by atoms with Crippen LogP contribution in [0.4, 0.5) is 5.82 Å². The maximum Gasteiger partial charge on any atom is 0.233 e. The van der Waals surface area contributed by atoms with Gasteiger partial charge in [-0.25, -0.2) is 9.97 Å². The first-order valence-corrected chi connectivity index (χ1v) is 11.6. The molecule has 0 aliphatic rings. The lowest BCUT2D eigenvalue weighted by Gasteiger charge is -2.15. The van der Waals surface area contributed by atoms with Gasteiger partial charge >= 0.3 is 0 Å². The lowest BCUT2D eigenvalue weighted by molar-refractivity contribution is 0.101. The SMILES string of the molecule is CCC(CCNc1ncncc1C(=O)c1ccc(Cc2cccc(Br)c2)o1)COSN. The number of nitrogens with one attached hydrogen (secondary N) is 1. The van der Waals surface area contributed by atoms with Gasteiger partial charge in [0, 0.05) is 23.6 Å². The molecule has 7 nitrogen and oxygen atoms in total. The minimum absolute atomic E-state index is 0.251. The van der Waals surface area contributed by atoms with Gasteiger partial charge in [-0.15, -0.1) is 0 Å². The molecule has 3 N–H and O–H groups in total. The van der Waals surface area contributed by atoms with Crippen molar-refractivity contribution >= 4 is 39.8 Å². The molecule has 0 saturated heterocycles. The van der Waals surface area contributed by atoms with Gasteiger partial charge in [-0.1, -0.05) is 41.4 Å². The summed E-state index contributed by atoms with van der Waals surface area (Å²) in [4.78, 5) is 21.3. The highest BCUT2D eigenvalue weighted by molar-refractivity contribution is 9.10. The van der Waals surface area contributed by atoms with Crippen molar-refractivity contribution in [3.8, 4) is 0 Å². The van der Waals surface area contributed by atoms with E-state index in [2.05, 4.69) is 38.1 Å². The molecular weight excluding hydrogens is 480 g/mol. The van der Waals surface area contributed by atoms with Crippen molar-refractivity contribution in [3.63, 3.8) is 0 Å². The van der Waals surface area contributed by atoms with E-state index >= 15 is 0 Å². The molecule has 0 bridgehead atoms. The molecule has 3 rings (SSSR count). The Morgan fingerprint density at radius 1 is 1.35 bits per heavy atom.